The van der Waals surface area contributed by atoms with Gasteiger partial charge in [-0.25, -0.2) is 13.8 Å². The zero-order valence-electron chi connectivity index (χ0n) is 24.4. The molecule has 6 rings (SSSR count). The average Bonchev–Trinajstić information content (AvgIpc) is 3.46. The van der Waals surface area contributed by atoms with Crippen molar-refractivity contribution >= 4 is 34.2 Å². The summed E-state index contributed by atoms with van der Waals surface area (Å²) in [6.45, 7) is 5.94. The highest BCUT2D eigenvalue weighted by Gasteiger charge is 2.32. The molecule has 2 amide bonds. The van der Waals surface area contributed by atoms with Crippen molar-refractivity contribution in [1.82, 2.24) is 20.1 Å². The van der Waals surface area contributed by atoms with Crippen LogP contribution in [0.1, 0.15) is 37.3 Å². The highest BCUT2D eigenvalue weighted by molar-refractivity contribution is 6.13. The van der Waals surface area contributed by atoms with Crippen molar-refractivity contribution in [3.63, 3.8) is 0 Å². The number of fused-ring (bicyclic) bond motifs is 1. The molecule has 9 nitrogen and oxygen atoms in total. The molecule has 0 radical (unpaired) electrons. The minimum atomic E-state index is -1.00. The van der Waals surface area contributed by atoms with Gasteiger partial charge in [-0.15, -0.1) is 5.10 Å². The van der Waals surface area contributed by atoms with Gasteiger partial charge < -0.3 is 15.0 Å². The van der Waals surface area contributed by atoms with Crippen LogP contribution in [-0.4, -0.2) is 58.1 Å². The minimum absolute atomic E-state index is 0.202. The Balaban J connectivity index is 1.12. The summed E-state index contributed by atoms with van der Waals surface area (Å²) in [5, 5.41) is 10.7. The number of rotatable bonds is 9. The second-order valence-electron chi connectivity index (χ2n) is 11.2. The SMILES string of the molecule is CCN1CCC(COc2n[nH]c3nccc(Cc4ccc(NC(=O)C5CC=CN(c6ccc(F)cc6)C5=O)cc4F)c23)CC1. The molecule has 0 saturated carbocycles. The van der Waals surface area contributed by atoms with Crippen LogP contribution in [0.3, 0.4) is 0 Å². The van der Waals surface area contributed by atoms with Gasteiger partial charge in [0.15, 0.2) is 5.65 Å². The van der Waals surface area contributed by atoms with Crippen LogP contribution in [0.15, 0.2) is 67.0 Å². The summed E-state index contributed by atoms with van der Waals surface area (Å²) in [4.78, 5) is 34.2. The smallest absolute Gasteiger partial charge is 0.243 e. The van der Waals surface area contributed by atoms with E-state index in [2.05, 4.69) is 32.3 Å². The standard InChI is InChI=1S/C33H34F2N6O3/c1-2-40-16-12-21(13-17-40)20-44-32-29-23(11-14-36-30(29)38-39-32)18-22-5-8-25(19-28(22)35)37-31(42)27-4-3-15-41(33(27)43)26-9-6-24(34)7-10-26/h3,5-11,14-15,19,21,27H,2,4,12-13,16-18,20H2,1H3,(H,37,42)(H,36,38,39). The fourth-order valence-electron chi connectivity index (χ4n) is 5.78. The number of allylic oxidation sites excluding steroid dienone is 1. The maximum Gasteiger partial charge on any atom is 0.243 e. The van der Waals surface area contributed by atoms with E-state index in [4.69, 9.17) is 4.74 Å². The van der Waals surface area contributed by atoms with Gasteiger partial charge in [-0.05, 0) is 98.4 Å². The lowest BCUT2D eigenvalue weighted by molar-refractivity contribution is -0.130. The van der Waals surface area contributed by atoms with Gasteiger partial charge in [0.05, 0.1) is 12.0 Å². The number of ether oxygens (including phenoxy) is 1. The quantitative estimate of drug-likeness (QED) is 0.248. The normalized spacial score (nSPS) is 17.8. The minimum Gasteiger partial charge on any atom is -0.476 e. The zero-order chi connectivity index (χ0) is 30.6. The van der Waals surface area contributed by atoms with Gasteiger partial charge in [0.2, 0.25) is 17.7 Å². The number of piperidine rings is 1. The largest absolute Gasteiger partial charge is 0.476 e. The second kappa shape index (κ2) is 12.9. The first-order valence-electron chi connectivity index (χ1n) is 14.9. The van der Waals surface area contributed by atoms with E-state index >= 15 is 4.39 Å². The molecule has 4 heterocycles. The summed E-state index contributed by atoms with van der Waals surface area (Å²) in [6.07, 6.45) is 7.54. The lowest BCUT2D eigenvalue weighted by atomic mass is 9.98. The van der Waals surface area contributed by atoms with Crippen molar-refractivity contribution in [1.29, 1.82) is 0 Å². The van der Waals surface area contributed by atoms with E-state index in [1.165, 1.54) is 35.2 Å². The van der Waals surface area contributed by atoms with Crippen molar-refractivity contribution < 1.29 is 23.1 Å². The lowest BCUT2D eigenvalue weighted by Crippen LogP contribution is -2.41. The van der Waals surface area contributed by atoms with Crippen LogP contribution < -0.4 is 15.0 Å². The number of likely N-dealkylation sites (tertiary alicyclic amines) is 1. The van der Waals surface area contributed by atoms with E-state index in [0.717, 1.165) is 43.4 Å². The van der Waals surface area contributed by atoms with Crippen molar-refractivity contribution in [3.8, 4) is 5.88 Å². The summed E-state index contributed by atoms with van der Waals surface area (Å²) in [6, 6.07) is 11.8. The van der Waals surface area contributed by atoms with E-state index < -0.39 is 29.4 Å². The number of aromatic amines is 1. The Labute approximate surface area is 253 Å². The van der Waals surface area contributed by atoms with Gasteiger partial charge in [0.25, 0.3) is 0 Å². The molecule has 2 aromatic carbocycles. The van der Waals surface area contributed by atoms with Crippen LogP contribution in [0.2, 0.25) is 0 Å². The van der Waals surface area contributed by atoms with E-state index in [1.54, 1.807) is 30.6 Å². The Morgan fingerprint density at radius 3 is 2.64 bits per heavy atom. The molecule has 1 fully saturated rings. The van der Waals surface area contributed by atoms with E-state index in [1.807, 2.05) is 6.07 Å². The molecule has 0 aliphatic carbocycles. The van der Waals surface area contributed by atoms with Gasteiger partial charge in [0, 0.05) is 30.2 Å². The number of nitrogens with zero attached hydrogens (tertiary/aromatic N) is 4. The van der Waals surface area contributed by atoms with Crippen molar-refractivity contribution in [2.24, 2.45) is 11.8 Å². The number of hydrogen-bond acceptors (Lipinski definition) is 6. The van der Waals surface area contributed by atoms with Crippen LogP contribution in [0, 0.1) is 23.5 Å². The molecule has 1 unspecified atom stereocenters. The Morgan fingerprint density at radius 2 is 1.89 bits per heavy atom. The van der Waals surface area contributed by atoms with E-state index in [-0.39, 0.29) is 18.5 Å². The molecule has 2 aromatic heterocycles. The summed E-state index contributed by atoms with van der Waals surface area (Å²) in [5.41, 5.74) is 2.51. The Morgan fingerprint density at radius 1 is 1.09 bits per heavy atom. The van der Waals surface area contributed by atoms with Crippen LogP contribution in [0.25, 0.3) is 11.0 Å². The third-order valence-electron chi connectivity index (χ3n) is 8.41. The van der Waals surface area contributed by atoms with Gasteiger partial charge in [-0.3, -0.25) is 19.6 Å². The zero-order valence-corrected chi connectivity index (χ0v) is 24.4. The highest BCUT2D eigenvalue weighted by atomic mass is 19.1. The summed E-state index contributed by atoms with van der Waals surface area (Å²) in [5.74, 6) is -2.00. The number of carbonyl (C=O) groups excluding carboxylic acids is 2. The van der Waals surface area contributed by atoms with E-state index in [9.17, 15) is 14.0 Å². The number of carbonyl (C=O) groups is 2. The molecule has 11 heteroatoms. The predicted molar refractivity (Wildman–Crippen MR) is 163 cm³/mol. The molecule has 1 atom stereocenters. The molecule has 4 aromatic rings. The molecule has 2 aliphatic heterocycles. The molecule has 44 heavy (non-hydrogen) atoms. The van der Waals surface area contributed by atoms with E-state index in [0.29, 0.717) is 35.3 Å². The number of benzene rings is 2. The summed E-state index contributed by atoms with van der Waals surface area (Å²) >= 11 is 0. The summed E-state index contributed by atoms with van der Waals surface area (Å²) in [7, 11) is 0. The molecule has 0 spiro atoms. The topological polar surface area (TPSA) is 103 Å². The van der Waals surface area contributed by atoms with Gasteiger partial charge in [-0.2, -0.15) is 0 Å². The molecule has 2 N–H and O–H groups in total. The number of amides is 2. The number of pyridine rings is 1. The Kier molecular flexibility index (Phi) is 8.65. The Bertz CT molecular complexity index is 1680. The predicted octanol–water partition coefficient (Wildman–Crippen LogP) is 5.44. The third-order valence-corrected chi connectivity index (χ3v) is 8.41. The fourth-order valence-corrected chi connectivity index (χ4v) is 5.78. The molecule has 0 bridgehead atoms. The van der Waals surface area contributed by atoms with Crippen LogP contribution in [0.5, 0.6) is 5.88 Å². The second-order valence-corrected chi connectivity index (χ2v) is 11.2. The molecule has 1 saturated heterocycles. The van der Waals surface area contributed by atoms with Gasteiger partial charge >= 0.3 is 0 Å². The first-order chi connectivity index (χ1) is 21.4. The maximum absolute atomic E-state index is 15.4. The number of nitrogens with one attached hydrogen (secondary N) is 2. The molecular weight excluding hydrogens is 566 g/mol. The lowest BCUT2D eigenvalue weighted by Gasteiger charge is -2.30. The first-order valence-corrected chi connectivity index (χ1v) is 14.9. The molecule has 228 valence electrons. The number of hydrogen-bond donors (Lipinski definition) is 2. The van der Waals surface area contributed by atoms with Gasteiger partial charge in [0.1, 0.15) is 17.6 Å². The van der Waals surface area contributed by atoms with Gasteiger partial charge in [-0.1, -0.05) is 19.1 Å². The third kappa shape index (κ3) is 6.33. The van der Waals surface area contributed by atoms with Crippen molar-refractivity contribution in [2.45, 2.75) is 32.6 Å². The van der Waals surface area contributed by atoms with Crippen LogP contribution in [0.4, 0.5) is 20.2 Å². The monoisotopic (exact) mass is 600 g/mol. The number of aromatic nitrogens is 3. The number of halogens is 2. The highest BCUT2D eigenvalue weighted by Crippen LogP contribution is 2.30. The number of anilines is 2. The fraction of sp³-hybridized carbons (Fsp3) is 0.333. The van der Waals surface area contributed by atoms with Crippen molar-refractivity contribution in [3.05, 3.63) is 89.8 Å². The number of H-pyrrole nitrogens is 1. The molecule has 2 aliphatic rings. The molecular formula is C33H34F2N6O3. The average molecular weight is 601 g/mol. The van der Waals surface area contributed by atoms with Crippen molar-refractivity contribution in [2.75, 3.05) is 36.5 Å². The summed E-state index contributed by atoms with van der Waals surface area (Å²) < 4.78 is 34.8. The van der Waals surface area contributed by atoms with Crippen LogP contribution >= 0.6 is 0 Å². The Hall–Kier alpha value is -4.64. The van der Waals surface area contributed by atoms with Crippen LogP contribution in [-0.2, 0) is 16.0 Å². The first kappa shape index (κ1) is 29.4. The maximum atomic E-state index is 15.4.